The summed E-state index contributed by atoms with van der Waals surface area (Å²) in [7, 11) is 0. The Labute approximate surface area is 166 Å². The van der Waals surface area contributed by atoms with Crippen LogP contribution in [0.25, 0.3) is 0 Å². The number of allylic oxidation sites excluding steroid dienone is 1. The maximum absolute atomic E-state index is 12.7. The van der Waals surface area contributed by atoms with Crippen LogP contribution >= 0.6 is 0 Å². The lowest BCUT2D eigenvalue weighted by molar-refractivity contribution is -0.384. The van der Waals surface area contributed by atoms with Crippen LogP contribution in [0.2, 0.25) is 0 Å². The number of amides is 1. The van der Waals surface area contributed by atoms with Crippen LogP contribution in [0.15, 0.2) is 40.5 Å². The molecular formula is C19H21N3O7. The molecule has 2 rings (SSSR count). The molecule has 0 aliphatic carbocycles. The smallest absolute Gasteiger partial charge is 0.336 e. The molecule has 2 N–H and O–H groups in total. The molecule has 0 saturated heterocycles. The number of carbonyl (C=O) groups is 3. The Morgan fingerprint density at radius 3 is 2.59 bits per heavy atom. The van der Waals surface area contributed by atoms with Crippen molar-refractivity contribution in [2.24, 2.45) is 10.9 Å². The average molecular weight is 403 g/mol. The Morgan fingerprint density at radius 2 is 2.00 bits per heavy atom. The number of hydrogen-bond acceptors (Lipinski definition) is 7. The molecule has 1 aliphatic heterocycles. The number of nitro groups is 1. The van der Waals surface area contributed by atoms with Gasteiger partial charge in [-0.05, 0) is 19.4 Å². The minimum Gasteiger partial charge on any atom is -0.481 e. The van der Waals surface area contributed by atoms with Gasteiger partial charge in [0, 0.05) is 36.4 Å². The molecule has 1 aromatic rings. The molecule has 2 atom stereocenters. The van der Waals surface area contributed by atoms with Crippen LogP contribution in [0.1, 0.15) is 32.3 Å². The number of carbonyl (C=O) groups excluding carboxylic acids is 2. The summed E-state index contributed by atoms with van der Waals surface area (Å²) in [5.74, 6) is -4.46. The molecule has 1 unspecified atom stereocenters. The quantitative estimate of drug-likeness (QED) is 0.305. The third kappa shape index (κ3) is 5.03. The first-order valence-corrected chi connectivity index (χ1v) is 8.78. The number of ether oxygens (including phenoxy) is 1. The summed E-state index contributed by atoms with van der Waals surface area (Å²) in [6.45, 7) is 4.39. The highest BCUT2D eigenvalue weighted by Crippen LogP contribution is 2.40. The summed E-state index contributed by atoms with van der Waals surface area (Å²) in [6.07, 6.45) is 0. The highest BCUT2D eigenvalue weighted by atomic mass is 16.6. The first kappa shape index (κ1) is 21.7. The number of benzene rings is 1. The lowest BCUT2D eigenvalue weighted by Gasteiger charge is -2.30. The summed E-state index contributed by atoms with van der Waals surface area (Å²) in [5, 5.41) is 23.4. The second-order valence-electron chi connectivity index (χ2n) is 6.52. The molecule has 10 heteroatoms. The van der Waals surface area contributed by atoms with Crippen molar-refractivity contribution >= 4 is 29.2 Å². The molecular weight excluding hydrogens is 382 g/mol. The normalized spacial score (nSPS) is 18.7. The molecule has 0 radical (unpaired) electrons. The van der Waals surface area contributed by atoms with E-state index in [1.807, 2.05) is 0 Å². The predicted octanol–water partition coefficient (Wildman–Crippen LogP) is 1.81. The molecule has 10 nitrogen and oxygen atoms in total. The van der Waals surface area contributed by atoms with E-state index in [1.54, 1.807) is 6.92 Å². The summed E-state index contributed by atoms with van der Waals surface area (Å²) >= 11 is 0. The number of aliphatic carboxylic acids is 1. The number of non-ortho nitro benzene ring substituents is 1. The zero-order valence-electron chi connectivity index (χ0n) is 16.2. The number of nitrogens with zero attached hydrogens (tertiary/aromatic N) is 2. The summed E-state index contributed by atoms with van der Waals surface area (Å²) in [4.78, 5) is 50.4. The van der Waals surface area contributed by atoms with Crippen molar-refractivity contribution in [2.45, 2.75) is 26.7 Å². The number of hydrogen-bond donors (Lipinski definition) is 2. The van der Waals surface area contributed by atoms with E-state index in [0.717, 1.165) is 0 Å². The monoisotopic (exact) mass is 403 g/mol. The third-order valence-electron chi connectivity index (χ3n) is 4.46. The topological polar surface area (TPSA) is 148 Å². The second kappa shape index (κ2) is 9.09. The fourth-order valence-electron chi connectivity index (χ4n) is 3.26. The van der Waals surface area contributed by atoms with Gasteiger partial charge in [-0.25, -0.2) is 4.79 Å². The largest absolute Gasteiger partial charge is 0.481 e. The van der Waals surface area contributed by atoms with Crippen molar-refractivity contribution in [1.82, 2.24) is 5.32 Å². The molecule has 0 aromatic heterocycles. The van der Waals surface area contributed by atoms with E-state index in [4.69, 9.17) is 4.74 Å². The summed E-state index contributed by atoms with van der Waals surface area (Å²) in [6, 6.07) is 5.49. The minimum atomic E-state index is -1.21. The lowest BCUT2D eigenvalue weighted by Crippen LogP contribution is -2.36. The Kier molecular flexibility index (Phi) is 6.81. The Hall–Kier alpha value is -3.56. The highest BCUT2D eigenvalue weighted by Gasteiger charge is 2.42. The van der Waals surface area contributed by atoms with Crippen LogP contribution in [-0.4, -0.2) is 46.7 Å². The van der Waals surface area contributed by atoms with Gasteiger partial charge in [-0.15, -0.1) is 0 Å². The first-order chi connectivity index (χ1) is 13.6. The van der Waals surface area contributed by atoms with Gasteiger partial charge in [-0.1, -0.05) is 12.1 Å². The summed E-state index contributed by atoms with van der Waals surface area (Å²) in [5.41, 5.74) is 0.658. The van der Waals surface area contributed by atoms with Crippen molar-refractivity contribution in [1.29, 1.82) is 0 Å². The van der Waals surface area contributed by atoms with Crippen LogP contribution in [0, 0.1) is 16.0 Å². The molecule has 1 heterocycles. The van der Waals surface area contributed by atoms with E-state index in [-0.39, 0.29) is 41.7 Å². The van der Waals surface area contributed by atoms with Crippen molar-refractivity contribution in [3.05, 3.63) is 51.2 Å². The number of nitrogens with one attached hydrogen (secondary N) is 1. The van der Waals surface area contributed by atoms with Crippen molar-refractivity contribution in [3.8, 4) is 0 Å². The van der Waals surface area contributed by atoms with Crippen LogP contribution in [-0.2, 0) is 19.1 Å². The molecule has 0 fully saturated rings. The number of aliphatic imine (C=N–C) groups is 1. The van der Waals surface area contributed by atoms with Crippen molar-refractivity contribution in [3.63, 3.8) is 0 Å². The van der Waals surface area contributed by atoms with Crippen LogP contribution in [0.5, 0.6) is 0 Å². The number of rotatable bonds is 7. The zero-order chi connectivity index (χ0) is 21.7. The van der Waals surface area contributed by atoms with Gasteiger partial charge in [-0.3, -0.25) is 24.7 Å². The molecule has 1 aromatic carbocycles. The molecule has 0 spiro atoms. The van der Waals surface area contributed by atoms with Crippen LogP contribution in [0.4, 0.5) is 5.69 Å². The Morgan fingerprint density at radius 1 is 1.31 bits per heavy atom. The Balaban J connectivity index is 2.46. The van der Waals surface area contributed by atoms with Gasteiger partial charge >= 0.3 is 11.9 Å². The fraction of sp³-hybridized carbons (Fsp3) is 0.368. The molecule has 1 aliphatic rings. The molecule has 0 bridgehead atoms. The van der Waals surface area contributed by atoms with E-state index in [0.29, 0.717) is 5.56 Å². The van der Waals surface area contributed by atoms with Gasteiger partial charge in [0.25, 0.3) is 5.69 Å². The molecule has 1 amide bonds. The standard InChI is InChI=1S/C19H21N3O7/c1-10-15(18(24)25)17(13-5-4-6-14(9-13)22(27)28)16(11(2)21-10)19(26)29-8-7-20-12(3)23/h4-6,9,15,17H,7-8H2,1-3H3,(H,20,23)(H,24,25)/t15?,17-/m1/s1. The molecule has 154 valence electrons. The van der Waals surface area contributed by atoms with Gasteiger partial charge in [0.1, 0.15) is 12.5 Å². The van der Waals surface area contributed by atoms with E-state index in [1.165, 1.54) is 38.1 Å². The van der Waals surface area contributed by atoms with Gasteiger partial charge in [0.05, 0.1) is 17.0 Å². The number of esters is 1. The first-order valence-electron chi connectivity index (χ1n) is 8.78. The molecule has 29 heavy (non-hydrogen) atoms. The maximum Gasteiger partial charge on any atom is 0.336 e. The van der Waals surface area contributed by atoms with Gasteiger partial charge in [-0.2, -0.15) is 0 Å². The second-order valence-corrected chi connectivity index (χ2v) is 6.52. The van der Waals surface area contributed by atoms with Crippen molar-refractivity contribution in [2.75, 3.05) is 13.2 Å². The number of carboxylic acid groups (broad SMARTS) is 1. The van der Waals surface area contributed by atoms with E-state index in [9.17, 15) is 29.6 Å². The highest BCUT2D eigenvalue weighted by molar-refractivity contribution is 6.06. The van der Waals surface area contributed by atoms with Crippen molar-refractivity contribution < 1.29 is 29.2 Å². The molecule has 0 saturated carbocycles. The van der Waals surface area contributed by atoms with Gasteiger partial charge in [0.2, 0.25) is 5.91 Å². The lowest BCUT2D eigenvalue weighted by atomic mass is 9.75. The number of carboxylic acids is 1. The third-order valence-corrected chi connectivity index (χ3v) is 4.46. The fourth-order valence-corrected chi connectivity index (χ4v) is 3.26. The summed E-state index contributed by atoms with van der Waals surface area (Å²) < 4.78 is 5.19. The van der Waals surface area contributed by atoms with Crippen LogP contribution in [0.3, 0.4) is 0 Å². The predicted molar refractivity (Wildman–Crippen MR) is 102 cm³/mol. The zero-order valence-corrected chi connectivity index (χ0v) is 16.2. The maximum atomic E-state index is 12.7. The van der Waals surface area contributed by atoms with E-state index >= 15 is 0 Å². The van der Waals surface area contributed by atoms with Gasteiger partial charge in [0.15, 0.2) is 0 Å². The SMILES string of the molecule is CC(=O)NCCOC(=O)C1=C(C)N=C(C)C(C(=O)O)[C@H]1c1cccc([N+](=O)[O-])c1. The Bertz CT molecular complexity index is 920. The van der Waals surface area contributed by atoms with Crippen LogP contribution < -0.4 is 5.32 Å². The van der Waals surface area contributed by atoms with E-state index in [2.05, 4.69) is 10.3 Å². The van der Waals surface area contributed by atoms with E-state index < -0.39 is 28.7 Å². The van der Waals surface area contributed by atoms with Gasteiger partial charge < -0.3 is 15.2 Å². The number of nitro benzene ring substituents is 1. The minimum absolute atomic E-state index is 0.0197. The average Bonchev–Trinajstić information content (AvgIpc) is 2.64.